The summed E-state index contributed by atoms with van der Waals surface area (Å²) in [6.07, 6.45) is 7.33. The maximum Gasteiger partial charge on any atom is 0.304 e. The molecule has 86 valence electrons. The molecule has 0 bridgehead atoms. The molecular weight excluding hydrogens is 192 g/mol. The standard InChI is InChI=1S/C12H20O3/c13-11(14)8-12(6-3-7-15-9-12)10-4-1-2-5-10/h10H,1-9H2,(H,13,14). The number of ether oxygens (including phenoxy) is 1. The highest BCUT2D eigenvalue weighted by Crippen LogP contribution is 2.47. The molecule has 1 saturated heterocycles. The summed E-state index contributed by atoms with van der Waals surface area (Å²) in [5, 5.41) is 9.04. The minimum atomic E-state index is -0.660. The average molecular weight is 212 g/mol. The highest BCUT2D eigenvalue weighted by molar-refractivity contribution is 5.67. The van der Waals surface area contributed by atoms with Crippen molar-refractivity contribution in [3.63, 3.8) is 0 Å². The van der Waals surface area contributed by atoms with Crippen molar-refractivity contribution in [1.29, 1.82) is 0 Å². The van der Waals surface area contributed by atoms with E-state index in [2.05, 4.69) is 0 Å². The van der Waals surface area contributed by atoms with E-state index in [1.807, 2.05) is 0 Å². The zero-order valence-corrected chi connectivity index (χ0v) is 9.21. The first-order valence-corrected chi connectivity index (χ1v) is 6.02. The first-order chi connectivity index (χ1) is 7.23. The molecule has 0 aromatic rings. The van der Waals surface area contributed by atoms with Gasteiger partial charge < -0.3 is 9.84 Å². The second kappa shape index (κ2) is 4.52. The van der Waals surface area contributed by atoms with E-state index in [1.165, 1.54) is 25.7 Å². The molecule has 0 spiro atoms. The van der Waals surface area contributed by atoms with Gasteiger partial charge in [0.2, 0.25) is 0 Å². The van der Waals surface area contributed by atoms with E-state index in [1.54, 1.807) is 0 Å². The lowest BCUT2D eigenvalue weighted by molar-refractivity contribution is -0.145. The van der Waals surface area contributed by atoms with Crippen LogP contribution < -0.4 is 0 Å². The van der Waals surface area contributed by atoms with Gasteiger partial charge in [-0.1, -0.05) is 12.8 Å². The third-order valence-electron chi connectivity index (χ3n) is 4.08. The second-order valence-corrected chi connectivity index (χ2v) is 5.07. The van der Waals surface area contributed by atoms with Gasteiger partial charge in [-0.2, -0.15) is 0 Å². The molecule has 15 heavy (non-hydrogen) atoms. The maximum atomic E-state index is 11.0. The Bertz CT molecular complexity index is 225. The molecular formula is C12H20O3. The Morgan fingerprint density at radius 1 is 1.33 bits per heavy atom. The fraction of sp³-hybridized carbons (Fsp3) is 0.917. The van der Waals surface area contributed by atoms with Gasteiger partial charge >= 0.3 is 5.97 Å². The Morgan fingerprint density at radius 3 is 2.60 bits per heavy atom. The predicted octanol–water partition coefficient (Wildman–Crippen LogP) is 2.45. The lowest BCUT2D eigenvalue weighted by atomic mass is 9.68. The first kappa shape index (κ1) is 10.9. The van der Waals surface area contributed by atoms with Crippen molar-refractivity contribution in [2.24, 2.45) is 11.3 Å². The SMILES string of the molecule is O=C(O)CC1(C2CCCC2)CCCOC1. The molecule has 0 aromatic carbocycles. The van der Waals surface area contributed by atoms with Crippen molar-refractivity contribution in [2.45, 2.75) is 44.9 Å². The van der Waals surface area contributed by atoms with Crippen LogP contribution in [-0.4, -0.2) is 24.3 Å². The van der Waals surface area contributed by atoms with Gasteiger partial charge in [-0.05, 0) is 31.6 Å². The zero-order valence-electron chi connectivity index (χ0n) is 9.21. The van der Waals surface area contributed by atoms with Gasteiger partial charge in [-0.3, -0.25) is 4.79 Å². The van der Waals surface area contributed by atoms with Crippen LogP contribution in [0.25, 0.3) is 0 Å². The number of carboxylic acids is 1. The quantitative estimate of drug-likeness (QED) is 0.781. The van der Waals surface area contributed by atoms with E-state index in [9.17, 15) is 4.79 Å². The topological polar surface area (TPSA) is 46.5 Å². The van der Waals surface area contributed by atoms with Crippen LogP contribution in [0.3, 0.4) is 0 Å². The smallest absolute Gasteiger partial charge is 0.304 e. The third kappa shape index (κ3) is 2.33. The monoisotopic (exact) mass is 212 g/mol. The largest absolute Gasteiger partial charge is 0.481 e. The Hall–Kier alpha value is -0.570. The van der Waals surface area contributed by atoms with E-state index in [0.29, 0.717) is 18.9 Å². The van der Waals surface area contributed by atoms with Crippen LogP contribution in [0.5, 0.6) is 0 Å². The molecule has 2 fully saturated rings. The Labute approximate surface area is 90.8 Å². The lowest BCUT2D eigenvalue weighted by Crippen LogP contribution is -2.39. The minimum absolute atomic E-state index is 0.0411. The Kier molecular flexibility index (Phi) is 3.29. The van der Waals surface area contributed by atoms with Crippen LogP contribution in [0.2, 0.25) is 0 Å². The van der Waals surface area contributed by atoms with Crippen LogP contribution in [-0.2, 0) is 9.53 Å². The predicted molar refractivity (Wildman–Crippen MR) is 56.7 cm³/mol. The van der Waals surface area contributed by atoms with Crippen molar-refractivity contribution in [3.05, 3.63) is 0 Å². The van der Waals surface area contributed by atoms with Gasteiger partial charge in [0.15, 0.2) is 0 Å². The average Bonchev–Trinajstić information content (AvgIpc) is 2.71. The number of carboxylic acid groups (broad SMARTS) is 1. The fourth-order valence-corrected chi connectivity index (χ4v) is 3.32. The molecule has 1 heterocycles. The molecule has 1 atom stereocenters. The molecule has 1 aliphatic carbocycles. The number of aliphatic carboxylic acids is 1. The highest BCUT2D eigenvalue weighted by atomic mass is 16.5. The van der Waals surface area contributed by atoms with Crippen molar-refractivity contribution in [1.82, 2.24) is 0 Å². The van der Waals surface area contributed by atoms with Crippen LogP contribution in [0.4, 0.5) is 0 Å². The molecule has 3 nitrogen and oxygen atoms in total. The van der Waals surface area contributed by atoms with E-state index >= 15 is 0 Å². The molecule has 0 aromatic heterocycles. The normalized spacial score (nSPS) is 33.1. The van der Waals surface area contributed by atoms with Gasteiger partial charge in [0, 0.05) is 12.0 Å². The van der Waals surface area contributed by atoms with E-state index < -0.39 is 5.97 Å². The number of carbonyl (C=O) groups is 1. The lowest BCUT2D eigenvalue weighted by Gasteiger charge is -2.41. The molecule has 2 rings (SSSR count). The maximum absolute atomic E-state index is 11.0. The molecule has 1 aliphatic heterocycles. The van der Waals surface area contributed by atoms with Gasteiger partial charge in [-0.25, -0.2) is 0 Å². The molecule has 1 N–H and O–H groups in total. The van der Waals surface area contributed by atoms with Crippen LogP contribution >= 0.6 is 0 Å². The summed E-state index contributed by atoms with van der Waals surface area (Å²) >= 11 is 0. The van der Waals surface area contributed by atoms with E-state index in [4.69, 9.17) is 9.84 Å². The molecule has 2 aliphatic rings. The Balaban J connectivity index is 2.08. The Morgan fingerprint density at radius 2 is 2.07 bits per heavy atom. The van der Waals surface area contributed by atoms with Gasteiger partial charge in [0.25, 0.3) is 0 Å². The summed E-state index contributed by atoms with van der Waals surface area (Å²) in [5.41, 5.74) is -0.0411. The molecule has 1 saturated carbocycles. The zero-order chi connectivity index (χ0) is 10.7. The van der Waals surface area contributed by atoms with Crippen molar-refractivity contribution < 1.29 is 14.6 Å². The fourth-order valence-electron chi connectivity index (χ4n) is 3.32. The van der Waals surface area contributed by atoms with Gasteiger partial charge in [0.05, 0.1) is 13.0 Å². The van der Waals surface area contributed by atoms with Crippen molar-refractivity contribution in [3.8, 4) is 0 Å². The van der Waals surface area contributed by atoms with E-state index in [0.717, 1.165) is 19.4 Å². The van der Waals surface area contributed by atoms with Crippen LogP contribution in [0.15, 0.2) is 0 Å². The van der Waals surface area contributed by atoms with Crippen LogP contribution in [0, 0.1) is 11.3 Å². The van der Waals surface area contributed by atoms with Crippen molar-refractivity contribution in [2.75, 3.05) is 13.2 Å². The van der Waals surface area contributed by atoms with Gasteiger partial charge in [-0.15, -0.1) is 0 Å². The molecule has 0 amide bonds. The summed E-state index contributed by atoms with van der Waals surface area (Å²) < 4.78 is 5.54. The summed E-state index contributed by atoms with van der Waals surface area (Å²) in [5.74, 6) is -0.0682. The van der Waals surface area contributed by atoms with Crippen molar-refractivity contribution >= 4 is 5.97 Å². The second-order valence-electron chi connectivity index (χ2n) is 5.07. The number of hydrogen-bond donors (Lipinski definition) is 1. The number of hydrogen-bond acceptors (Lipinski definition) is 2. The summed E-state index contributed by atoms with van der Waals surface area (Å²) in [6.45, 7) is 1.48. The van der Waals surface area contributed by atoms with Crippen LogP contribution in [0.1, 0.15) is 44.9 Å². The third-order valence-corrected chi connectivity index (χ3v) is 4.08. The molecule has 3 heteroatoms. The summed E-state index contributed by atoms with van der Waals surface area (Å²) in [7, 11) is 0. The molecule has 1 unspecified atom stereocenters. The first-order valence-electron chi connectivity index (χ1n) is 6.02. The van der Waals surface area contributed by atoms with Gasteiger partial charge in [0.1, 0.15) is 0 Å². The number of rotatable bonds is 3. The molecule has 0 radical (unpaired) electrons. The summed E-state index contributed by atoms with van der Waals surface area (Å²) in [4.78, 5) is 11.0. The minimum Gasteiger partial charge on any atom is -0.481 e. The van der Waals surface area contributed by atoms with E-state index in [-0.39, 0.29) is 5.41 Å². The highest BCUT2D eigenvalue weighted by Gasteiger charge is 2.43. The summed E-state index contributed by atoms with van der Waals surface area (Å²) in [6, 6.07) is 0.